The van der Waals surface area contributed by atoms with Crippen LogP contribution in [0, 0.1) is 13.8 Å². The van der Waals surface area contributed by atoms with Crippen molar-refractivity contribution in [3.63, 3.8) is 0 Å². The summed E-state index contributed by atoms with van der Waals surface area (Å²) in [6, 6.07) is 12.1. The van der Waals surface area contributed by atoms with Gasteiger partial charge in [0.05, 0.1) is 12.6 Å². The van der Waals surface area contributed by atoms with Gasteiger partial charge in [-0.05, 0) is 32.4 Å². The monoisotopic (exact) mass is 259 g/mol. The van der Waals surface area contributed by atoms with Crippen molar-refractivity contribution in [2.45, 2.75) is 32.9 Å². The summed E-state index contributed by atoms with van der Waals surface area (Å²) in [7, 11) is 0. The standard InChI is InChI=1S/C16H21NO2/c1-11-9-15(13(3)19-11)12(2)17-16(10-18)14-7-5-4-6-8-14/h4-9,12,16-18H,10H2,1-3H3/t12?,16-/m1/s1. The van der Waals surface area contributed by atoms with Crippen LogP contribution in [0.15, 0.2) is 40.8 Å². The molecule has 0 aliphatic rings. The summed E-state index contributed by atoms with van der Waals surface area (Å²) in [6.45, 7) is 6.08. The van der Waals surface area contributed by atoms with E-state index in [-0.39, 0.29) is 18.7 Å². The number of rotatable bonds is 5. The highest BCUT2D eigenvalue weighted by atomic mass is 16.3. The van der Waals surface area contributed by atoms with E-state index in [0.29, 0.717) is 0 Å². The summed E-state index contributed by atoms with van der Waals surface area (Å²) in [5, 5.41) is 13.0. The van der Waals surface area contributed by atoms with Gasteiger partial charge in [0.1, 0.15) is 11.5 Å². The number of nitrogens with one attached hydrogen (secondary N) is 1. The first-order chi connectivity index (χ1) is 9.11. The van der Waals surface area contributed by atoms with Crippen molar-refractivity contribution in [3.05, 3.63) is 59.0 Å². The Balaban J connectivity index is 2.13. The number of hydrogen-bond acceptors (Lipinski definition) is 3. The van der Waals surface area contributed by atoms with Crippen molar-refractivity contribution in [2.24, 2.45) is 0 Å². The Morgan fingerprint density at radius 3 is 2.42 bits per heavy atom. The van der Waals surface area contributed by atoms with Crippen LogP contribution < -0.4 is 5.32 Å². The Morgan fingerprint density at radius 2 is 1.89 bits per heavy atom. The highest BCUT2D eigenvalue weighted by Crippen LogP contribution is 2.24. The molecule has 3 heteroatoms. The number of furan rings is 1. The van der Waals surface area contributed by atoms with Crippen molar-refractivity contribution in [2.75, 3.05) is 6.61 Å². The fraction of sp³-hybridized carbons (Fsp3) is 0.375. The second-order valence-corrected chi connectivity index (χ2v) is 4.90. The van der Waals surface area contributed by atoms with Gasteiger partial charge in [-0.2, -0.15) is 0 Å². The Hall–Kier alpha value is -1.58. The van der Waals surface area contributed by atoms with Crippen molar-refractivity contribution < 1.29 is 9.52 Å². The van der Waals surface area contributed by atoms with Crippen molar-refractivity contribution in [1.29, 1.82) is 0 Å². The molecule has 1 aromatic carbocycles. The second-order valence-electron chi connectivity index (χ2n) is 4.90. The number of benzene rings is 1. The summed E-state index contributed by atoms with van der Waals surface area (Å²) in [6.07, 6.45) is 0. The number of aliphatic hydroxyl groups is 1. The van der Waals surface area contributed by atoms with Gasteiger partial charge in [0.15, 0.2) is 0 Å². The molecule has 2 atom stereocenters. The number of aryl methyl sites for hydroxylation is 2. The van der Waals surface area contributed by atoms with E-state index in [1.165, 1.54) is 0 Å². The second kappa shape index (κ2) is 6.04. The van der Waals surface area contributed by atoms with E-state index in [1.807, 2.05) is 50.2 Å². The van der Waals surface area contributed by atoms with Gasteiger partial charge in [0.2, 0.25) is 0 Å². The molecule has 0 aliphatic heterocycles. The van der Waals surface area contributed by atoms with Gasteiger partial charge in [-0.1, -0.05) is 30.3 Å². The van der Waals surface area contributed by atoms with Gasteiger partial charge >= 0.3 is 0 Å². The first-order valence-electron chi connectivity index (χ1n) is 6.60. The zero-order valence-corrected chi connectivity index (χ0v) is 11.7. The van der Waals surface area contributed by atoms with Gasteiger partial charge in [0.25, 0.3) is 0 Å². The van der Waals surface area contributed by atoms with E-state index in [4.69, 9.17) is 4.42 Å². The zero-order valence-electron chi connectivity index (χ0n) is 11.7. The fourth-order valence-electron chi connectivity index (χ4n) is 2.41. The average molecular weight is 259 g/mol. The lowest BCUT2D eigenvalue weighted by Crippen LogP contribution is -2.27. The van der Waals surface area contributed by atoms with Crippen LogP contribution in [0.2, 0.25) is 0 Å². The molecule has 0 saturated carbocycles. The molecule has 2 N–H and O–H groups in total. The summed E-state index contributed by atoms with van der Waals surface area (Å²) < 4.78 is 5.55. The van der Waals surface area contributed by atoms with Crippen LogP contribution in [0.3, 0.4) is 0 Å². The maximum atomic E-state index is 9.56. The molecular weight excluding hydrogens is 238 g/mol. The number of hydrogen-bond donors (Lipinski definition) is 2. The molecule has 0 aliphatic carbocycles. The maximum absolute atomic E-state index is 9.56. The lowest BCUT2D eigenvalue weighted by atomic mass is 10.0. The van der Waals surface area contributed by atoms with E-state index in [2.05, 4.69) is 12.2 Å². The molecule has 0 saturated heterocycles. The minimum absolute atomic E-state index is 0.0641. The molecule has 0 bridgehead atoms. The van der Waals surface area contributed by atoms with Crippen LogP contribution >= 0.6 is 0 Å². The van der Waals surface area contributed by atoms with Crippen LogP contribution in [-0.4, -0.2) is 11.7 Å². The minimum atomic E-state index is -0.0641. The molecule has 0 fully saturated rings. The SMILES string of the molecule is Cc1cc(C(C)N[C@H](CO)c2ccccc2)c(C)o1. The molecule has 1 aromatic heterocycles. The van der Waals surface area contributed by atoms with Gasteiger partial charge in [-0.25, -0.2) is 0 Å². The van der Waals surface area contributed by atoms with Crippen LogP contribution in [0.4, 0.5) is 0 Å². The molecule has 2 aromatic rings. The minimum Gasteiger partial charge on any atom is -0.466 e. The molecule has 0 spiro atoms. The molecule has 19 heavy (non-hydrogen) atoms. The molecule has 2 rings (SSSR count). The summed E-state index contributed by atoms with van der Waals surface area (Å²) >= 11 is 0. The normalized spacial score (nSPS) is 14.3. The molecule has 3 nitrogen and oxygen atoms in total. The average Bonchev–Trinajstić information content (AvgIpc) is 2.76. The first-order valence-corrected chi connectivity index (χ1v) is 6.60. The Bertz CT molecular complexity index is 519. The zero-order chi connectivity index (χ0) is 13.8. The Morgan fingerprint density at radius 1 is 1.21 bits per heavy atom. The maximum Gasteiger partial charge on any atom is 0.105 e. The highest BCUT2D eigenvalue weighted by Gasteiger charge is 2.17. The van der Waals surface area contributed by atoms with Gasteiger partial charge in [-0.3, -0.25) is 0 Å². The summed E-state index contributed by atoms with van der Waals surface area (Å²) in [4.78, 5) is 0. The lowest BCUT2D eigenvalue weighted by molar-refractivity contribution is 0.235. The first kappa shape index (κ1) is 13.8. The van der Waals surface area contributed by atoms with Crippen LogP contribution in [-0.2, 0) is 0 Å². The largest absolute Gasteiger partial charge is 0.466 e. The molecule has 0 amide bonds. The topological polar surface area (TPSA) is 45.4 Å². The molecule has 1 heterocycles. The third kappa shape index (κ3) is 3.25. The Kier molecular flexibility index (Phi) is 4.40. The third-order valence-electron chi connectivity index (χ3n) is 3.38. The lowest BCUT2D eigenvalue weighted by Gasteiger charge is -2.22. The number of aliphatic hydroxyl groups excluding tert-OH is 1. The van der Waals surface area contributed by atoms with Crippen molar-refractivity contribution in [1.82, 2.24) is 5.32 Å². The predicted molar refractivity (Wildman–Crippen MR) is 76.0 cm³/mol. The molecular formula is C16H21NO2. The van der Waals surface area contributed by atoms with E-state index >= 15 is 0 Å². The van der Waals surface area contributed by atoms with Crippen molar-refractivity contribution in [3.8, 4) is 0 Å². The molecule has 1 unspecified atom stereocenters. The van der Waals surface area contributed by atoms with E-state index in [0.717, 1.165) is 22.6 Å². The van der Waals surface area contributed by atoms with Gasteiger partial charge < -0.3 is 14.8 Å². The predicted octanol–water partition coefficient (Wildman–Crippen LogP) is 3.28. The van der Waals surface area contributed by atoms with Gasteiger partial charge in [0, 0.05) is 11.6 Å². The van der Waals surface area contributed by atoms with Gasteiger partial charge in [-0.15, -0.1) is 0 Å². The summed E-state index contributed by atoms with van der Waals surface area (Å²) in [5.74, 6) is 1.85. The fourth-order valence-corrected chi connectivity index (χ4v) is 2.41. The van der Waals surface area contributed by atoms with E-state index in [9.17, 15) is 5.11 Å². The smallest absolute Gasteiger partial charge is 0.105 e. The van der Waals surface area contributed by atoms with Crippen molar-refractivity contribution >= 4 is 0 Å². The molecule has 0 radical (unpaired) electrons. The third-order valence-corrected chi connectivity index (χ3v) is 3.38. The summed E-state index contributed by atoms with van der Waals surface area (Å²) in [5.41, 5.74) is 2.24. The Labute approximate surface area is 114 Å². The quantitative estimate of drug-likeness (QED) is 0.866. The van der Waals surface area contributed by atoms with Crippen LogP contribution in [0.5, 0.6) is 0 Å². The van der Waals surface area contributed by atoms with E-state index in [1.54, 1.807) is 0 Å². The van der Waals surface area contributed by atoms with Crippen LogP contribution in [0.25, 0.3) is 0 Å². The molecule has 102 valence electrons. The van der Waals surface area contributed by atoms with Crippen LogP contribution in [0.1, 0.15) is 41.7 Å². The van der Waals surface area contributed by atoms with E-state index < -0.39 is 0 Å². The highest BCUT2D eigenvalue weighted by molar-refractivity contribution is 5.25.